The van der Waals surface area contributed by atoms with E-state index in [0.29, 0.717) is 15.6 Å². The molecule has 0 aliphatic heterocycles. The van der Waals surface area contributed by atoms with E-state index >= 15 is 0 Å². The molecule has 0 aromatic heterocycles. The van der Waals surface area contributed by atoms with Crippen LogP contribution in [0.2, 0.25) is 10.0 Å². The van der Waals surface area contributed by atoms with Crippen LogP contribution >= 0.6 is 45.8 Å². The summed E-state index contributed by atoms with van der Waals surface area (Å²) in [5.41, 5.74) is 0.533. The Morgan fingerprint density at radius 1 is 1.47 bits per heavy atom. The van der Waals surface area contributed by atoms with Crippen LogP contribution in [0, 0.1) is 3.57 Å². The molecule has 0 unspecified atom stereocenters. The predicted molar refractivity (Wildman–Crippen MR) is 81.0 cm³/mol. The van der Waals surface area contributed by atoms with Gasteiger partial charge in [0.2, 0.25) is 0 Å². The van der Waals surface area contributed by atoms with Gasteiger partial charge in [-0.15, -0.1) is 0 Å². The van der Waals surface area contributed by atoms with Crippen LogP contribution in [0.25, 0.3) is 0 Å². The number of rotatable bonds is 4. The molecule has 0 heterocycles. The largest absolute Gasteiger partial charge is 0.350 e. The first-order chi connectivity index (χ1) is 7.95. The van der Waals surface area contributed by atoms with Crippen molar-refractivity contribution in [3.8, 4) is 0 Å². The Hall–Kier alpha value is -0.000000000000000111. The molecule has 2 nitrogen and oxygen atoms in total. The smallest absolute Gasteiger partial charge is 0.252 e. The monoisotopic (exact) mass is 385 g/mol. The van der Waals surface area contributed by atoms with Crippen LogP contribution in [0.1, 0.15) is 37.0 Å². The number of hydrogen-bond acceptors (Lipinski definition) is 1. The number of nitrogens with one attached hydrogen (secondary N) is 1. The minimum atomic E-state index is -0.125. The molecular weight excluding hydrogens is 372 g/mol. The molecule has 5 heteroatoms. The van der Waals surface area contributed by atoms with Crippen LogP contribution in [0.5, 0.6) is 0 Å². The van der Waals surface area contributed by atoms with E-state index in [-0.39, 0.29) is 11.9 Å². The molecule has 0 aliphatic carbocycles. The van der Waals surface area contributed by atoms with Crippen LogP contribution in [0.4, 0.5) is 0 Å². The summed E-state index contributed by atoms with van der Waals surface area (Å²) in [6, 6.07) is 3.43. The summed E-state index contributed by atoms with van der Waals surface area (Å²) in [6.07, 6.45) is 1.99. The molecule has 0 saturated carbocycles. The summed E-state index contributed by atoms with van der Waals surface area (Å²) in [5.74, 6) is -0.125. The van der Waals surface area contributed by atoms with Crippen molar-refractivity contribution in [1.29, 1.82) is 0 Å². The van der Waals surface area contributed by atoms with E-state index in [2.05, 4.69) is 34.8 Å². The third-order valence-corrected chi connectivity index (χ3v) is 4.33. The standard InChI is InChI=1S/C12H14Cl2INO/c1-3-4-7(2)16-12(17)9-5-8(13)6-10(14)11(9)15/h5-7H,3-4H2,1-2H3,(H,16,17)/t7-/m0/s1. The van der Waals surface area contributed by atoms with Gasteiger partial charge in [0.05, 0.1) is 10.6 Å². The van der Waals surface area contributed by atoms with Crippen molar-refractivity contribution in [3.63, 3.8) is 0 Å². The fraction of sp³-hybridized carbons (Fsp3) is 0.417. The third-order valence-electron chi connectivity index (χ3n) is 2.34. The molecule has 0 saturated heterocycles. The lowest BCUT2D eigenvalue weighted by molar-refractivity contribution is 0.0937. The molecule has 1 atom stereocenters. The van der Waals surface area contributed by atoms with Crippen LogP contribution in [-0.2, 0) is 0 Å². The molecule has 0 spiro atoms. The second kappa shape index (κ2) is 6.81. The van der Waals surface area contributed by atoms with Crippen molar-refractivity contribution in [2.45, 2.75) is 32.7 Å². The molecular formula is C12H14Cl2INO. The van der Waals surface area contributed by atoms with Crippen molar-refractivity contribution >= 4 is 51.7 Å². The molecule has 17 heavy (non-hydrogen) atoms. The number of benzene rings is 1. The minimum absolute atomic E-state index is 0.125. The van der Waals surface area contributed by atoms with Gasteiger partial charge in [-0.05, 0) is 48.1 Å². The van der Waals surface area contributed by atoms with Gasteiger partial charge >= 0.3 is 0 Å². The Labute approximate surface area is 125 Å². The zero-order chi connectivity index (χ0) is 13.0. The SMILES string of the molecule is CCC[C@H](C)NC(=O)c1cc(Cl)cc(Cl)c1I. The molecule has 0 aliphatic rings. The van der Waals surface area contributed by atoms with Gasteiger partial charge in [0.25, 0.3) is 5.91 Å². The summed E-state index contributed by atoms with van der Waals surface area (Å²) >= 11 is 13.9. The van der Waals surface area contributed by atoms with Crippen molar-refractivity contribution in [2.24, 2.45) is 0 Å². The highest BCUT2D eigenvalue weighted by Gasteiger charge is 2.15. The highest BCUT2D eigenvalue weighted by molar-refractivity contribution is 14.1. The first-order valence-corrected chi connectivity index (χ1v) is 7.24. The normalized spacial score (nSPS) is 12.3. The van der Waals surface area contributed by atoms with Crippen LogP contribution in [0.3, 0.4) is 0 Å². The van der Waals surface area contributed by atoms with Gasteiger partial charge in [-0.25, -0.2) is 0 Å². The molecule has 94 valence electrons. The fourth-order valence-corrected chi connectivity index (χ4v) is 2.58. The Morgan fingerprint density at radius 3 is 2.71 bits per heavy atom. The van der Waals surface area contributed by atoms with Gasteiger partial charge in [-0.3, -0.25) is 4.79 Å². The lowest BCUT2D eigenvalue weighted by Crippen LogP contribution is -2.32. The third kappa shape index (κ3) is 4.30. The molecule has 0 fully saturated rings. The Bertz CT molecular complexity index is 423. The molecule has 1 N–H and O–H groups in total. The van der Waals surface area contributed by atoms with Crippen LogP contribution in [0.15, 0.2) is 12.1 Å². The maximum Gasteiger partial charge on any atom is 0.252 e. The number of carbonyl (C=O) groups is 1. The Morgan fingerprint density at radius 2 is 2.12 bits per heavy atom. The van der Waals surface area contributed by atoms with Gasteiger partial charge in [0, 0.05) is 14.6 Å². The minimum Gasteiger partial charge on any atom is -0.350 e. The van der Waals surface area contributed by atoms with Gasteiger partial charge < -0.3 is 5.32 Å². The Kier molecular flexibility index (Phi) is 6.03. The summed E-state index contributed by atoms with van der Waals surface area (Å²) in [6.45, 7) is 4.07. The zero-order valence-electron chi connectivity index (χ0n) is 9.69. The van der Waals surface area contributed by atoms with Crippen molar-refractivity contribution in [3.05, 3.63) is 31.3 Å². The van der Waals surface area contributed by atoms with E-state index in [0.717, 1.165) is 16.4 Å². The summed E-state index contributed by atoms with van der Waals surface area (Å²) in [7, 11) is 0. The molecule has 1 rings (SSSR count). The number of halogens is 3. The van der Waals surface area contributed by atoms with Gasteiger partial charge in [-0.1, -0.05) is 36.5 Å². The van der Waals surface area contributed by atoms with E-state index in [1.807, 2.05) is 6.92 Å². The summed E-state index contributed by atoms with van der Waals surface area (Å²) in [5, 5.41) is 3.91. The number of carbonyl (C=O) groups excluding carboxylic acids is 1. The average Bonchev–Trinajstić information content (AvgIpc) is 2.23. The average molecular weight is 386 g/mol. The highest BCUT2D eigenvalue weighted by atomic mass is 127. The topological polar surface area (TPSA) is 29.1 Å². The van der Waals surface area contributed by atoms with Gasteiger partial charge in [0.1, 0.15) is 0 Å². The lowest BCUT2D eigenvalue weighted by Gasteiger charge is -2.14. The summed E-state index contributed by atoms with van der Waals surface area (Å²) < 4.78 is 0.731. The second-order valence-electron chi connectivity index (χ2n) is 3.91. The van der Waals surface area contributed by atoms with Gasteiger partial charge in [0.15, 0.2) is 0 Å². The van der Waals surface area contributed by atoms with E-state index in [4.69, 9.17) is 23.2 Å². The van der Waals surface area contributed by atoms with Crippen molar-refractivity contribution < 1.29 is 4.79 Å². The number of hydrogen-bond donors (Lipinski definition) is 1. The highest BCUT2D eigenvalue weighted by Crippen LogP contribution is 2.26. The van der Waals surface area contributed by atoms with Crippen molar-refractivity contribution in [2.75, 3.05) is 0 Å². The van der Waals surface area contributed by atoms with Crippen molar-refractivity contribution in [1.82, 2.24) is 5.32 Å². The van der Waals surface area contributed by atoms with E-state index in [1.165, 1.54) is 0 Å². The molecule has 0 bridgehead atoms. The molecule has 1 amide bonds. The van der Waals surface area contributed by atoms with E-state index in [9.17, 15) is 4.79 Å². The second-order valence-corrected chi connectivity index (χ2v) is 5.83. The van der Waals surface area contributed by atoms with E-state index < -0.39 is 0 Å². The fourth-order valence-electron chi connectivity index (χ4n) is 1.53. The number of amides is 1. The van der Waals surface area contributed by atoms with Crippen LogP contribution < -0.4 is 5.32 Å². The van der Waals surface area contributed by atoms with E-state index in [1.54, 1.807) is 12.1 Å². The van der Waals surface area contributed by atoms with Crippen LogP contribution in [-0.4, -0.2) is 11.9 Å². The lowest BCUT2D eigenvalue weighted by atomic mass is 10.1. The molecule has 0 radical (unpaired) electrons. The molecule has 1 aromatic carbocycles. The zero-order valence-corrected chi connectivity index (χ0v) is 13.4. The van der Waals surface area contributed by atoms with Gasteiger partial charge in [-0.2, -0.15) is 0 Å². The maximum absolute atomic E-state index is 12.0. The predicted octanol–water partition coefficient (Wildman–Crippen LogP) is 4.52. The first-order valence-electron chi connectivity index (χ1n) is 5.41. The quantitative estimate of drug-likeness (QED) is 0.599. The molecule has 1 aromatic rings. The Balaban J connectivity index is 2.89. The summed E-state index contributed by atoms with van der Waals surface area (Å²) in [4.78, 5) is 12.0. The first kappa shape index (κ1) is 15.1. The maximum atomic E-state index is 12.0.